The summed E-state index contributed by atoms with van der Waals surface area (Å²) in [6, 6.07) is 0. The quantitative estimate of drug-likeness (QED) is 0.416. The van der Waals surface area contributed by atoms with Crippen molar-refractivity contribution in [3.05, 3.63) is 0 Å². The van der Waals surface area contributed by atoms with Crippen molar-refractivity contribution in [2.45, 2.75) is 0 Å². The van der Waals surface area contributed by atoms with E-state index < -0.39 is 29.6 Å². The van der Waals surface area contributed by atoms with E-state index >= 15 is 0 Å². The van der Waals surface area contributed by atoms with Crippen LogP contribution in [0.5, 0.6) is 0 Å². The molecule has 0 fully saturated rings. The van der Waals surface area contributed by atoms with E-state index in [0.29, 0.717) is 0 Å². The molecule has 0 heterocycles. The predicted octanol–water partition coefficient (Wildman–Crippen LogP) is 4.79. The molecule has 0 bridgehead atoms. The van der Waals surface area contributed by atoms with Crippen molar-refractivity contribution in [1.29, 1.82) is 0 Å². The molecule has 0 atom stereocenters. The molecule has 22 heteroatoms. The molecule has 0 unspecified atom stereocenters. The normalized spacial score (nSPS) is 12.0. The number of halogens is 14. The molecule has 0 aromatic rings. The van der Waals surface area contributed by atoms with Crippen molar-refractivity contribution in [1.82, 2.24) is 0 Å². The van der Waals surface area contributed by atoms with Crippen LogP contribution in [0.25, 0.3) is 0 Å². The largest absolute Gasteiger partial charge is 0.673 e. The van der Waals surface area contributed by atoms with Gasteiger partial charge in [0.15, 0.2) is 0 Å². The van der Waals surface area contributed by atoms with Gasteiger partial charge in [0.1, 0.15) is 0 Å². The van der Waals surface area contributed by atoms with Crippen molar-refractivity contribution >= 4 is 29.6 Å². The lowest BCUT2D eigenvalue weighted by Gasteiger charge is -1.94. The van der Waals surface area contributed by atoms with E-state index in [0.717, 1.165) is 0 Å². The highest BCUT2D eigenvalue weighted by atomic mass is 31.2. The smallest absolute Gasteiger partial charge is 0.418 e. The second-order valence-electron chi connectivity index (χ2n) is 2.09. The first-order valence-electron chi connectivity index (χ1n) is 3.67. The van der Waals surface area contributed by atoms with Gasteiger partial charge in [-0.1, -0.05) is 9.46 Å². The van der Waals surface area contributed by atoms with Crippen molar-refractivity contribution < 1.29 is 79.8 Å². The van der Waals surface area contributed by atoms with Gasteiger partial charge in [0.2, 0.25) is 0 Å². The van der Waals surface area contributed by atoms with Gasteiger partial charge in [0.25, 0.3) is 0 Å². The van der Waals surface area contributed by atoms with Gasteiger partial charge in [-0.15, -0.1) is 0 Å². The minimum Gasteiger partial charge on any atom is -0.418 e. The fraction of sp³-hybridized carbons (Fsp3) is 0. The highest BCUT2D eigenvalue weighted by Crippen LogP contribution is 2.43. The van der Waals surface area contributed by atoms with Gasteiger partial charge in [-0.2, -0.15) is 0 Å². The van der Waals surface area contributed by atoms with E-state index in [4.69, 9.17) is 4.89 Å². The van der Waals surface area contributed by atoms with Crippen molar-refractivity contribution in [3.63, 3.8) is 0 Å². The van der Waals surface area contributed by atoms with Crippen LogP contribution in [0.3, 0.4) is 0 Å². The third kappa shape index (κ3) is 229. The second-order valence-corrected chi connectivity index (χ2v) is 3.30. The topological polar surface area (TPSA) is 55.8 Å². The van der Waals surface area contributed by atoms with Crippen LogP contribution in [0.2, 0.25) is 0 Å². The van der Waals surface area contributed by atoms with E-state index in [1.807, 2.05) is 0 Å². The van der Waals surface area contributed by atoms with E-state index in [2.05, 4.69) is 9.46 Å². The molecular formula is HB3F14O4P-3. The fourth-order valence-corrected chi connectivity index (χ4v) is 0.0319. The molecule has 0 aliphatic heterocycles. The van der Waals surface area contributed by atoms with Crippen LogP contribution in [-0.4, -0.2) is 26.7 Å². The summed E-state index contributed by atoms with van der Waals surface area (Å²) in [4.78, 5) is 7.49. The van der Waals surface area contributed by atoms with Crippen LogP contribution < -0.4 is 0 Å². The number of hydrogen-bond acceptors (Lipinski definition) is 3. The van der Waals surface area contributed by atoms with Gasteiger partial charge < -0.3 is 51.8 Å². The van der Waals surface area contributed by atoms with Crippen molar-refractivity contribution in [3.8, 4) is 0 Å². The van der Waals surface area contributed by atoms with Crippen LogP contribution in [-0.2, 0) is 14.0 Å². The van der Waals surface area contributed by atoms with E-state index in [9.17, 15) is 65.4 Å². The van der Waals surface area contributed by atoms with E-state index in [-0.39, 0.29) is 0 Å². The summed E-state index contributed by atoms with van der Waals surface area (Å²) >= 11 is 0. The Kier molecular flexibility index (Phi) is 15.8. The Morgan fingerprint density at radius 2 is 0.682 bits per heavy atom. The highest BCUT2D eigenvalue weighted by Gasteiger charge is 2.22. The SMILES string of the molecule is F[B-](F)(F)F.F[B-](F)(F)F.F[B-](F)(F)F.O=P(O)(OF)OF. The first-order chi connectivity index (χ1) is 9.12. The third-order valence-corrected chi connectivity index (χ3v) is 0.523. The average molecular weight is 394 g/mol. The molecule has 0 aliphatic rings. The van der Waals surface area contributed by atoms with Crippen molar-refractivity contribution in [2.75, 3.05) is 0 Å². The molecular weight excluding hydrogens is 393 g/mol. The van der Waals surface area contributed by atoms with E-state index in [1.165, 1.54) is 0 Å². The maximum absolute atomic E-state index is 10.4. The molecule has 0 saturated heterocycles. The lowest BCUT2D eigenvalue weighted by atomic mass is 10.3. The molecule has 0 amide bonds. The Hall–Kier alpha value is -0.675. The Bertz CT molecular complexity index is 237. The molecule has 0 aromatic carbocycles. The second kappa shape index (κ2) is 11.8. The van der Waals surface area contributed by atoms with Crippen LogP contribution in [0.15, 0.2) is 0 Å². The Balaban J connectivity index is -0.0000000995. The highest BCUT2D eigenvalue weighted by molar-refractivity contribution is 7.47. The number of phosphoric acid groups is 1. The monoisotopic (exact) mass is 395 g/mol. The third-order valence-electron chi connectivity index (χ3n) is 0.174. The zero-order valence-electron chi connectivity index (χ0n) is 9.14. The van der Waals surface area contributed by atoms with Crippen LogP contribution in [0.4, 0.5) is 60.8 Å². The van der Waals surface area contributed by atoms with Gasteiger partial charge in [0.05, 0.1) is 0 Å². The molecule has 1 N–H and O–H groups in total. The standard InChI is InChI=1S/3BF4.F2HO4P/c3*2-1(3,4)5;1-5-7(3,4)6-2/h;;;(H,3,4)/q3*-1;. The van der Waals surface area contributed by atoms with Gasteiger partial charge in [-0.3, -0.25) is 4.89 Å². The predicted molar refractivity (Wildman–Crippen MR) is 44.8 cm³/mol. The molecule has 0 radical (unpaired) electrons. The summed E-state index contributed by atoms with van der Waals surface area (Å²) < 4.78 is 151. The first-order valence-corrected chi connectivity index (χ1v) is 5.17. The summed E-state index contributed by atoms with van der Waals surface area (Å²) in [5, 5.41) is 0. The zero-order valence-corrected chi connectivity index (χ0v) is 10.0. The van der Waals surface area contributed by atoms with Crippen molar-refractivity contribution in [2.24, 2.45) is 0 Å². The summed E-state index contributed by atoms with van der Waals surface area (Å²) in [6.45, 7) is 0. The Morgan fingerprint density at radius 1 is 0.591 bits per heavy atom. The molecule has 140 valence electrons. The zero-order chi connectivity index (χ0) is 19.4. The van der Waals surface area contributed by atoms with Gasteiger partial charge >= 0.3 is 29.6 Å². The lowest BCUT2D eigenvalue weighted by Crippen LogP contribution is -2.02. The van der Waals surface area contributed by atoms with Crippen LogP contribution in [0.1, 0.15) is 0 Å². The molecule has 22 heavy (non-hydrogen) atoms. The minimum atomic E-state index is -6.00. The van der Waals surface area contributed by atoms with Crippen LogP contribution in [0, 0.1) is 0 Å². The van der Waals surface area contributed by atoms with E-state index in [1.54, 1.807) is 0 Å². The molecule has 0 aromatic heterocycles. The molecule has 0 rings (SSSR count). The lowest BCUT2D eigenvalue weighted by molar-refractivity contribution is -0.110. The minimum absolute atomic E-state index is 2.10. The summed E-state index contributed by atoms with van der Waals surface area (Å²) in [5.41, 5.74) is 0. The fourth-order valence-electron chi connectivity index (χ4n) is 0.0106. The number of hydrogen-bond donors (Lipinski definition) is 1. The molecule has 0 saturated carbocycles. The summed E-state index contributed by atoms with van der Waals surface area (Å²) in [7, 11) is -23.0. The summed E-state index contributed by atoms with van der Waals surface area (Å²) in [6.07, 6.45) is 0. The van der Waals surface area contributed by atoms with Gasteiger partial charge in [-0.05, 0) is 9.05 Å². The maximum Gasteiger partial charge on any atom is 0.673 e. The van der Waals surface area contributed by atoms with Crippen LogP contribution >= 0.6 is 7.82 Å². The Labute approximate surface area is 111 Å². The molecule has 0 aliphatic carbocycles. The maximum atomic E-state index is 10.4. The summed E-state index contributed by atoms with van der Waals surface area (Å²) in [5.74, 6) is 0. The van der Waals surface area contributed by atoms with Gasteiger partial charge in [0, 0.05) is 0 Å². The number of rotatable bonds is 2. The van der Waals surface area contributed by atoms with Gasteiger partial charge in [-0.25, -0.2) is 4.57 Å². The molecule has 4 nitrogen and oxygen atoms in total. The average Bonchev–Trinajstić information content (AvgIpc) is 2.09. The Morgan fingerprint density at radius 3 is 0.682 bits per heavy atom. The first kappa shape index (κ1) is 29.3. The molecule has 0 spiro atoms.